The first kappa shape index (κ1) is 24.9. The third-order valence-corrected chi connectivity index (χ3v) is 5.69. The number of thioether (sulfide) groups is 1. The fraction of sp³-hybridized carbons (Fsp3) is 0.737. The number of amides is 3. The van der Waals surface area contributed by atoms with Gasteiger partial charge in [-0.15, -0.1) is 0 Å². The number of rotatable bonds is 10. The fourth-order valence-corrected chi connectivity index (χ4v) is 3.81. The molecule has 3 atom stereocenters. The molecule has 0 aromatic heterocycles. The number of aliphatic carboxylic acids is 1. The lowest BCUT2D eigenvalue weighted by molar-refractivity contribution is -0.159. The second-order valence-electron chi connectivity index (χ2n) is 7.70. The average molecular weight is 430 g/mol. The molecular weight excluding hydrogens is 398 g/mol. The molecule has 3 amide bonds. The molecule has 164 valence electrons. The van der Waals surface area contributed by atoms with E-state index in [4.69, 9.17) is 0 Å². The number of carbonyl (C=O) groups excluding carboxylic acids is 4. The average Bonchev–Trinajstić information content (AvgIpc) is 2.64. The Labute approximate surface area is 175 Å². The molecule has 1 rings (SSSR count). The summed E-state index contributed by atoms with van der Waals surface area (Å²) in [6.07, 6.45) is 2.24. The zero-order valence-corrected chi connectivity index (χ0v) is 18.4. The summed E-state index contributed by atoms with van der Waals surface area (Å²) >= 11 is 1.44. The molecule has 0 aromatic rings. The Bertz CT molecular complexity index is 668. The van der Waals surface area contributed by atoms with Crippen molar-refractivity contribution in [2.45, 2.75) is 64.1 Å². The predicted molar refractivity (Wildman–Crippen MR) is 109 cm³/mol. The Kier molecular flexibility index (Phi) is 9.13. The Hall–Kier alpha value is -2.10. The predicted octanol–water partition coefficient (Wildman–Crippen LogP) is 0.420. The second-order valence-corrected chi connectivity index (χ2v) is 8.69. The van der Waals surface area contributed by atoms with Crippen molar-refractivity contribution in [3.8, 4) is 0 Å². The molecular formula is C19H31N3O6S. The molecule has 1 saturated heterocycles. The van der Waals surface area contributed by atoms with Crippen molar-refractivity contribution < 1.29 is 29.1 Å². The largest absolute Gasteiger partial charge is 0.480 e. The number of ketones is 1. The SMILES string of the molecule is CSCC[C@]1(C(=O)N[C@@H](C)C(=O)N[C@@H](CC(C)C)C(=O)O)C(=O)CCC(=O)N1C. The Morgan fingerprint density at radius 3 is 2.31 bits per heavy atom. The number of carboxylic acids is 1. The topological polar surface area (TPSA) is 133 Å². The van der Waals surface area contributed by atoms with E-state index in [0.717, 1.165) is 0 Å². The maximum Gasteiger partial charge on any atom is 0.326 e. The van der Waals surface area contributed by atoms with Crippen LogP contribution in [0, 0.1) is 5.92 Å². The van der Waals surface area contributed by atoms with Gasteiger partial charge in [-0.05, 0) is 37.7 Å². The molecule has 0 spiro atoms. The van der Waals surface area contributed by atoms with Gasteiger partial charge in [-0.1, -0.05) is 13.8 Å². The van der Waals surface area contributed by atoms with E-state index in [-0.39, 0.29) is 43.3 Å². The number of Topliss-reactive ketones (excluding diaryl/α,β-unsaturated/α-hetero) is 1. The second kappa shape index (κ2) is 10.6. The smallest absolute Gasteiger partial charge is 0.326 e. The minimum Gasteiger partial charge on any atom is -0.480 e. The number of nitrogens with one attached hydrogen (secondary N) is 2. The van der Waals surface area contributed by atoms with Crippen LogP contribution < -0.4 is 10.6 Å². The molecule has 29 heavy (non-hydrogen) atoms. The molecule has 0 unspecified atom stereocenters. The Morgan fingerprint density at radius 2 is 1.79 bits per heavy atom. The minimum absolute atomic E-state index is 0.0268. The van der Waals surface area contributed by atoms with E-state index in [0.29, 0.717) is 5.75 Å². The van der Waals surface area contributed by atoms with Crippen LogP contribution in [-0.2, 0) is 24.0 Å². The van der Waals surface area contributed by atoms with Crippen molar-refractivity contribution in [1.29, 1.82) is 0 Å². The van der Waals surface area contributed by atoms with Crippen LogP contribution in [0.2, 0.25) is 0 Å². The molecule has 0 saturated carbocycles. The van der Waals surface area contributed by atoms with Crippen molar-refractivity contribution in [2.75, 3.05) is 19.1 Å². The summed E-state index contributed by atoms with van der Waals surface area (Å²) in [5.74, 6) is -2.67. The quantitative estimate of drug-likeness (QED) is 0.429. The standard InChI is InChI=1S/C19H31N3O6S/c1-11(2)10-13(17(26)27)21-16(25)12(3)20-18(28)19(8-9-29-5)14(23)6-7-15(24)22(19)4/h11-13H,6-10H2,1-5H3,(H,20,28)(H,21,25)(H,26,27)/t12-,13-,19+/m0/s1. The molecule has 1 fully saturated rings. The molecule has 1 heterocycles. The van der Waals surface area contributed by atoms with E-state index in [1.165, 1.54) is 30.6 Å². The van der Waals surface area contributed by atoms with E-state index in [2.05, 4.69) is 10.6 Å². The number of likely N-dealkylation sites (tertiary alicyclic amines) is 1. The summed E-state index contributed by atoms with van der Waals surface area (Å²) in [5, 5.41) is 14.2. The summed E-state index contributed by atoms with van der Waals surface area (Å²) in [7, 11) is 1.42. The lowest BCUT2D eigenvalue weighted by Crippen LogP contribution is -2.68. The van der Waals surface area contributed by atoms with Gasteiger partial charge in [0.1, 0.15) is 12.1 Å². The molecule has 0 aliphatic carbocycles. The lowest BCUT2D eigenvalue weighted by atomic mass is 9.81. The van der Waals surface area contributed by atoms with Crippen molar-refractivity contribution in [2.24, 2.45) is 5.92 Å². The number of hydrogen-bond acceptors (Lipinski definition) is 6. The van der Waals surface area contributed by atoms with Crippen LogP contribution >= 0.6 is 11.8 Å². The molecule has 10 heteroatoms. The molecule has 3 N–H and O–H groups in total. The number of likely N-dealkylation sites (N-methyl/N-ethyl adjacent to an activating group) is 1. The van der Waals surface area contributed by atoms with Gasteiger partial charge in [-0.3, -0.25) is 19.2 Å². The molecule has 0 radical (unpaired) electrons. The number of piperidine rings is 1. The third kappa shape index (κ3) is 5.94. The molecule has 9 nitrogen and oxygen atoms in total. The van der Waals surface area contributed by atoms with Crippen LogP contribution in [0.5, 0.6) is 0 Å². The van der Waals surface area contributed by atoms with Gasteiger partial charge in [0.15, 0.2) is 11.3 Å². The van der Waals surface area contributed by atoms with Crippen LogP contribution in [-0.4, -0.2) is 76.2 Å². The monoisotopic (exact) mass is 429 g/mol. The maximum atomic E-state index is 13.1. The highest BCUT2D eigenvalue weighted by Crippen LogP contribution is 2.29. The van der Waals surface area contributed by atoms with Gasteiger partial charge in [0, 0.05) is 19.9 Å². The number of carbonyl (C=O) groups is 5. The molecule has 0 bridgehead atoms. The Morgan fingerprint density at radius 1 is 1.17 bits per heavy atom. The van der Waals surface area contributed by atoms with E-state index in [9.17, 15) is 29.1 Å². The first-order chi connectivity index (χ1) is 13.5. The van der Waals surface area contributed by atoms with Gasteiger partial charge in [0.2, 0.25) is 11.8 Å². The molecule has 1 aliphatic rings. The van der Waals surface area contributed by atoms with E-state index in [1.807, 2.05) is 20.1 Å². The highest BCUT2D eigenvalue weighted by molar-refractivity contribution is 7.98. The zero-order valence-electron chi connectivity index (χ0n) is 17.6. The van der Waals surface area contributed by atoms with Crippen molar-refractivity contribution in [1.82, 2.24) is 15.5 Å². The van der Waals surface area contributed by atoms with Gasteiger partial charge in [0.25, 0.3) is 5.91 Å². The Balaban J connectivity index is 2.98. The third-order valence-electron chi connectivity index (χ3n) is 5.08. The van der Waals surface area contributed by atoms with Gasteiger partial charge in [-0.2, -0.15) is 11.8 Å². The van der Waals surface area contributed by atoms with E-state index in [1.54, 1.807) is 0 Å². The van der Waals surface area contributed by atoms with Crippen LogP contribution in [0.1, 0.15) is 46.5 Å². The summed E-state index contributed by atoms with van der Waals surface area (Å²) in [6.45, 7) is 5.09. The van der Waals surface area contributed by atoms with Gasteiger partial charge >= 0.3 is 5.97 Å². The first-order valence-electron chi connectivity index (χ1n) is 9.60. The van der Waals surface area contributed by atoms with Crippen molar-refractivity contribution in [3.63, 3.8) is 0 Å². The first-order valence-corrected chi connectivity index (χ1v) is 11.0. The number of nitrogens with zero attached hydrogens (tertiary/aromatic N) is 1. The normalized spacial score (nSPS) is 21.7. The molecule has 0 aromatic carbocycles. The van der Waals surface area contributed by atoms with Gasteiger partial charge < -0.3 is 20.6 Å². The van der Waals surface area contributed by atoms with Gasteiger partial charge in [0.05, 0.1) is 0 Å². The van der Waals surface area contributed by atoms with Crippen LogP contribution in [0.25, 0.3) is 0 Å². The molecule has 1 aliphatic heterocycles. The van der Waals surface area contributed by atoms with Crippen LogP contribution in [0.4, 0.5) is 0 Å². The summed E-state index contributed by atoms with van der Waals surface area (Å²) in [4.78, 5) is 63.0. The highest BCUT2D eigenvalue weighted by Gasteiger charge is 2.53. The van der Waals surface area contributed by atoms with E-state index < -0.39 is 35.4 Å². The zero-order chi connectivity index (χ0) is 22.4. The summed E-state index contributed by atoms with van der Waals surface area (Å²) < 4.78 is 0. The van der Waals surface area contributed by atoms with Crippen molar-refractivity contribution in [3.05, 3.63) is 0 Å². The minimum atomic E-state index is -1.66. The number of hydrogen-bond donors (Lipinski definition) is 3. The van der Waals surface area contributed by atoms with E-state index >= 15 is 0 Å². The summed E-state index contributed by atoms with van der Waals surface area (Å²) in [6, 6.07) is -2.14. The van der Waals surface area contributed by atoms with Gasteiger partial charge in [-0.25, -0.2) is 4.79 Å². The van der Waals surface area contributed by atoms with Crippen LogP contribution in [0.15, 0.2) is 0 Å². The highest BCUT2D eigenvalue weighted by atomic mass is 32.2. The number of carboxylic acid groups (broad SMARTS) is 1. The fourth-order valence-electron chi connectivity index (χ4n) is 3.32. The van der Waals surface area contributed by atoms with Crippen molar-refractivity contribution >= 4 is 41.2 Å². The van der Waals surface area contributed by atoms with Crippen LogP contribution in [0.3, 0.4) is 0 Å². The maximum absolute atomic E-state index is 13.1. The summed E-state index contributed by atoms with van der Waals surface area (Å²) in [5.41, 5.74) is -1.66. The lowest BCUT2D eigenvalue weighted by Gasteiger charge is -2.42.